The average molecular weight is 428 g/mol. The van der Waals surface area contributed by atoms with Crippen LogP contribution in [0.5, 0.6) is 5.75 Å². The van der Waals surface area contributed by atoms with Crippen LogP contribution in [0.25, 0.3) is 10.9 Å². The molecule has 0 atom stereocenters. The van der Waals surface area contributed by atoms with Gasteiger partial charge in [-0.1, -0.05) is 42.8 Å². The largest absolute Gasteiger partial charge is 0.506 e. The molecule has 30 heavy (non-hydrogen) atoms. The van der Waals surface area contributed by atoms with Crippen LogP contribution in [0.15, 0.2) is 50.5 Å². The van der Waals surface area contributed by atoms with Crippen LogP contribution in [0.3, 0.4) is 0 Å². The van der Waals surface area contributed by atoms with E-state index in [0.29, 0.717) is 17.4 Å². The molecule has 0 aliphatic carbocycles. The van der Waals surface area contributed by atoms with Crippen molar-refractivity contribution in [3.05, 3.63) is 58.4 Å². The van der Waals surface area contributed by atoms with Gasteiger partial charge in [0, 0.05) is 18.0 Å². The molecular formula is C20H22N5O4S. The van der Waals surface area contributed by atoms with Crippen molar-refractivity contribution < 1.29 is 14.2 Å². The molecule has 0 spiro atoms. The summed E-state index contributed by atoms with van der Waals surface area (Å²) in [5.74, 6) is -0.198. The first-order valence-electron chi connectivity index (χ1n) is 9.27. The number of amidine groups is 1. The van der Waals surface area contributed by atoms with Crippen molar-refractivity contribution in [2.24, 2.45) is 10.3 Å². The number of nitrogens with zero attached hydrogens (tertiary/aromatic N) is 2. The summed E-state index contributed by atoms with van der Waals surface area (Å²) in [6.07, 6.45) is 0. The van der Waals surface area contributed by atoms with Crippen molar-refractivity contribution in [1.82, 2.24) is 4.68 Å². The highest BCUT2D eigenvalue weighted by Crippen LogP contribution is 2.57. The first-order chi connectivity index (χ1) is 14.2. The van der Waals surface area contributed by atoms with E-state index in [-0.39, 0.29) is 39.3 Å². The standard InChI is InChI=1S/C20H22N5O4S/c1-11(2)10-22-25-15-9-4-3-6-12(15)17(26)16(20(25)27)19-23-14-8-5-7-13(21)18(14)30(28,29)24-19/h3-6,8-9,11,22,26,28-29H,10,21H2,1-2H3,(H,23,24). The van der Waals surface area contributed by atoms with Gasteiger partial charge < -0.3 is 21.6 Å². The first kappa shape index (κ1) is 20.1. The van der Waals surface area contributed by atoms with Crippen molar-refractivity contribution in [3.63, 3.8) is 0 Å². The molecule has 10 heteroatoms. The zero-order valence-corrected chi connectivity index (χ0v) is 17.2. The van der Waals surface area contributed by atoms with Crippen LogP contribution < -0.4 is 22.0 Å². The number of benzene rings is 2. The van der Waals surface area contributed by atoms with Crippen molar-refractivity contribution in [3.8, 4) is 5.75 Å². The number of aromatic hydroxyl groups is 1. The van der Waals surface area contributed by atoms with E-state index >= 15 is 0 Å². The second-order valence-electron chi connectivity index (χ2n) is 7.36. The summed E-state index contributed by atoms with van der Waals surface area (Å²) in [5.41, 5.74) is 8.98. The zero-order chi connectivity index (χ0) is 21.6. The minimum absolute atomic E-state index is 0.00675. The summed E-state index contributed by atoms with van der Waals surface area (Å²) in [6, 6.07) is 12.6. The summed E-state index contributed by atoms with van der Waals surface area (Å²) >= 11 is 0. The number of fused-ring (bicyclic) bond motifs is 2. The number of hydrogen-bond acceptors (Lipinski definition) is 8. The van der Waals surface area contributed by atoms with Gasteiger partial charge in [-0.25, -0.2) is 4.68 Å². The van der Waals surface area contributed by atoms with Crippen LogP contribution in [0.2, 0.25) is 0 Å². The number of pyridine rings is 1. The van der Waals surface area contributed by atoms with Crippen LogP contribution in [0.1, 0.15) is 19.4 Å². The molecule has 1 aliphatic heterocycles. The number of para-hydroxylation sites is 1. The highest BCUT2D eigenvalue weighted by atomic mass is 32.3. The third-order valence-electron chi connectivity index (χ3n) is 4.67. The molecule has 2 heterocycles. The minimum atomic E-state index is -3.71. The van der Waals surface area contributed by atoms with Gasteiger partial charge in [-0.3, -0.25) is 13.9 Å². The average Bonchev–Trinajstić information content (AvgIpc) is 2.67. The van der Waals surface area contributed by atoms with Crippen molar-refractivity contribution in [2.45, 2.75) is 18.7 Å². The fourth-order valence-corrected chi connectivity index (χ4v) is 4.55. The van der Waals surface area contributed by atoms with E-state index in [9.17, 15) is 19.0 Å². The number of nitrogens with two attached hydrogens (primary N) is 1. The van der Waals surface area contributed by atoms with E-state index in [0.717, 1.165) is 0 Å². The van der Waals surface area contributed by atoms with Gasteiger partial charge in [0.2, 0.25) is 0 Å². The SMILES string of the molecule is CC(C)CNn1c(=O)c(C2=NS(O)(O)c3c(N)[c]ccc3N2)c(O)c2ccccc21. The third kappa shape index (κ3) is 3.24. The number of anilines is 2. The second-order valence-corrected chi connectivity index (χ2v) is 8.98. The molecule has 0 saturated carbocycles. The van der Waals surface area contributed by atoms with Crippen LogP contribution in [-0.2, 0) is 0 Å². The molecule has 0 saturated heterocycles. The van der Waals surface area contributed by atoms with Crippen LogP contribution in [-0.4, -0.2) is 31.3 Å². The molecule has 7 N–H and O–H groups in total. The van der Waals surface area contributed by atoms with Gasteiger partial charge in [-0.05, 0) is 24.1 Å². The fraction of sp³-hybridized carbons (Fsp3) is 0.200. The lowest BCUT2D eigenvalue weighted by molar-refractivity contribution is 0.478. The van der Waals surface area contributed by atoms with E-state index < -0.39 is 16.3 Å². The van der Waals surface area contributed by atoms with Gasteiger partial charge in [-0.2, -0.15) is 0 Å². The van der Waals surface area contributed by atoms with E-state index in [2.05, 4.69) is 21.2 Å². The zero-order valence-electron chi connectivity index (χ0n) is 16.4. The lowest BCUT2D eigenvalue weighted by Gasteiger charge is -2.35. The van der Waals surface area contributed by atoms with Gasteiger partial charge in [0.1, 0.15) is 16.2 Å². The van der Waals surface area contributed by atoms with Gasteiger partial charge in [0.05, 0.1) is 16.9 Å². The minimum Gasteiger partial charge on any atom is -0.506 e. The van der Waals surface area contributed by atoms with Gasteiger partial charge >= 0.3 is 0 Å². The Balaban J connectivity index is 1.96. The Bertz CT molecular complexity index is 1240. The Labute approximate surface area is 174 Å². The quantitative estimate of drug-likeness (QED) is 0.350. The second kappa shape index (κ2) is 7.24. The molecule has 4 rings (SSSR count). The van der Waals surface area contributed by atoms with Gasteiger partial charge in [0.25, 0.3) is 5.56 Å². The molecule has 0 unspecified atom stereocenters. The van der Waals surface area contributed by atoms with E-state index in [1.54, 1.807) is 30.3 Å². The molecule has 0 bridgehead atoms. The first-order valence-corrected chi connectivity index (χ1v) is 10.8. The monoisotopic (exact) mass is 428 g/mol. The van der Waals surface area contributed by atoms with E-state index in [1.807, 2.05) is 13.8 Å². The Morgan fingerprint density at radius 2 is 2.03 bits per heavy atom. The molecule has 0 fully saturated rings. The third-order valence-corrected chi connectivity index (χ3v) is 6.10. The van der Waals surface area contributed by atoms with E-state index in [4.69, 9.17) is 5.73 Å². The smallest absolute Gasteiger partial charge is 0.284 e. The van der Waals surface area contributed by atoms with Crippen molar-refractivity contribution >= 4 is 38.9 Å². The molecule has 1 aliphatic rings. The maximum Gasteiger partial charge on any atom is 0.284 e. The topological polar surface area (TPSA) is 145 Å². The predicted octanol–water partition coefficient (Wildman–Crippen LogP) is 3.19. The lowest BCUT2D eigenvalue weighted by Crippen LogP contribution is -2.37. The highest BCUT2D eigenvalue weighted by molar-refractivity contribution is 8.23. The molecule has 157 valence electrons. The summed E-state index contributed by atoms with van der Waals surface area (Å²) in [6.45, 7) is 4.52. The number of aromatic nitrogens is 1. The maximum absolute atomic E-state index is 13.3. The summed E-state index contributed by atoms with van der Waals surface area (Å²) in [5, 5.41) is 14.2. The van der Waals surface area contributed by atoms with Crippen LogP contribution in [0.4, 0.5) is 11.4 Å². The normalized spacial score (nSPS) is 16.0. The van der Waals surface area contributed by atoms with Crippen molar-refractivity contribution in [2.75, 3.05) is 23.0 Å². The Kier molecular flexibility index (Phi) is 4.85. The number of rotatable bonds is 4. The molecule has 0 amide bonds. The maximum atomic E-state index is 13.3. The fourth-order valence-electron chi connectivity index (χ4n) is 3.30. The summed E-state index contributed by atoms with van der Waals surface area (Å²) in [4.78, 5) is 13.3. The Morgan fingerprint density at radius 3 is 2.77 bits per heavy atom. The summed E-state index contributed by atoms with van der Waals surface area (Å²) < 4.78 is 26.5. The number of nitrogen functional groups attached to an aromatic ring is 1. The van der Waals surface area contributed by atoms with Gasteiger partial charge in [-0.15, -0.1) is 4.40 Å². The van der Waals surface area contributed by atoms with E-state index in [1.165, 1.54) is 10.7 Å². The number of nitrogens with one attached hydrogen (secondary N) is 2. The Morgan fingerprint density at radius 1 is 1.30 bits per heavy atom. The molecule has 3 aromatic rings. The highest BCUT2D eigenvalue weighted by Gasteiger charge is 2.32. The molecule has 9 nitrogen and oxygen atoms in total. The Hall–Kier alpha value is -3.21. The molecule has 1 radical (unpaired) electrons. The molecule has 1 aromatic heterocycles. The van der Waals surface area contributed by atoms with Crippen LogP contribution >= 0.6 is 10.8 Å². The predicted molar refractivity (Wildman–Crippen MR) is 120 cm³/mol. The van der Waals surface area contributed by atoms with Gasteiger partial charge in [0.15, 0.2) is 5.84 Å². The lowest BCUT2D eigenvalue weighted by atomic mass is 10.1. The summed E-state index contributed by atoms with van der Waals surface area (Å²) in [7, 11) is -3.71. The molecular weight excluding hydrogens is 406 g/mol. The molecule has 2 aromatic carbocycles. The number of hydrogen-bond donors (Lipinski definition) is 6. The van der Waals surface area contributed by atoms with Crippen LogP contribution in [0, 0.1) is 12.0 Å². The van der Waals surface area contributed by atoms with Crippen molar-refractivity contribution in [1.29, 1.82) is 0 Å².